The van der Waals surface area contributed by atoms with E-state index in [9.17, 15) is 9.59 Å². The van der Waals surface area contributed by atoms with Crippen molar-refractivity contribution in [2.45, 2.75) is 71.3 Å². The summed E-state index contributed by atoms with van der Waals surface area (Å²) in [5.74, 6) is 0.0167. The highest BCUT2D eigenvalue weighted by Gasteiger charge is 2.18. The summed E-state index contributed by atoms with van der Waals surface area (Å²) in [5, 5.41) is 2.67. The number of β-lactam (4-membered cyclic amide) rings is 1. The molecular weight excluding hydrogens is 216 g/mol. The van der Waals surface area contributed by atoms with Crippen LogP contribution in [0.3, 0.4) is 0 Å². The monoisotopic (exact) mass is 242 g/mol. The SMILES string of the molecule is CCCCCCCCC(N)=O.C[C@H]1CC(=O)N1. The van der Waals surface area contributed by atoms with Crippen LogP contribution in [0.15, 0.2) is 0 Å². The first-order chi connectivity index (χ1) is 8.06. The van der Waals surface area contributed by atoms with Crippen LogP contribution in [0.2, 0.25) is 0 Å². The molecule has 0 spiro atoms. The number of hydrogen-bond donors (Lipinski definition) is 2. The maximum atomic E-state index is 10.3. The van der Waals surface area contributed by atoms with Gasteiger partial charge in [-0.25, -0.2) is 0 Å². The Bertz CT molecular complexity index is 221. The highest BCUT2D eigenvalue weighted by Crippen LogP contribution is 2.06. The smallest absolute Gasteiger partial charge is 0.222 e. The van der Waals surface area contributed by atoms with Crippen molar-refractivity contribution in [1.82, 2.24) is 5.32 Å². The number of carbonyl (C=O) groups excluding carboxylic acids is 2. The van der Waals surface area contributed by atoms with Gasteiger partial charge in [-0.05, 0) is 13.3 Å². The molecule has 0 aromatic heterocycles. The summed E-state index contributed by atoms with van der Waals surface area (Å²) in [7, 11) is 0. The number of carbonyl (C=O) groups is 2. The van der Waals surface area contributed by atoms with Crippen LogP contribution >= 0.6 is 0 Å². The molecule has 1 heterocycles. The van der Waals surface area contributed by atoms with Crippen molar-refractivity contribution in [2.24, 2.45) is 5.73 Å². The average molecular weight is 242 g/mol. The summed E-state index contributed by atoms with van der Waals surface area (Å²) in [6.07, 6.45) is 8.55. The molecule has 0 aromatic carbocycles. The molecule has 100 valence electrons. The fourth-order valence-electron chi connectivity index (χ4n) is 1.61. The zero-order chi connectivity index (χ0) is 13.1. The fourth-order valence-corrected chi connectivity index (χ4v) is 1.61. The normalized spacial score (nSPS) is 17.5. The van der Waals surface area contributed by atoms with E-state index in [1.165, 1.54) is 25.7 Å². The van der Waals surface area contributed by atoms with E-state index >= 15 is 0 Å². The lowest BCUT2D eigenvalue weighted by molar-refractivity contribution is -0.127. The van der Waals surface area contributed by atoms with Gasteiger partial charge >= 0.3 is 0 Å². The molecule has 0 unspecified atom stereocenters. The van der Waals surface area contributed by atoms with E-state index in [0.29, 0.717) is 12.5 Å². The van der Waals surface area contributed by atoms with Gasteiger partial charge in [-0.3, -0.25) is 9.59 Å². The lowest BCUT2D eigenvalue weighted by Gasteiger charge is -2.21. The summed E-state index contributed by atoms with van der Waals surface area (Å²) in [6.45, 7) is 4.19. The number of primary amides is 1. The van der Waals surface area contributed by atoms with E-state index in [1.807, 2.05) is 6.92 Å². The van der Waals surface area contributed by atoms with Gasteiger partial charge in [0.05, 0.1) is 0 Å². The van der Waals surface area contributed by atoms with E-state index in [0.717, 1.165) is 19.3 Å². The maximum Gasteiger partial charge on any atom is 0.222 e. The van der Waals surface area contributed by atoms with E-state index in [4.69, 9.17) is 5.73 Å². The van der Waals surface area contributed by atoms with Gasteiger partial charge < -0.3 is 11.1 Å². The molecule has 0 saturated carbocycles. The fraction of sp³-hybridized carbons (Fsp3) is 0.846. The standard InChI is InChI=1S/C9H19NO.C4H7NO/c1-2-3-4-5-6-7-8-9(10)11;1-3-2-4(6)5-3/h2-8H2,1H3,(H2,10,11);3H,2H2,1H3,(H,5,6)/t;3-/m.0/s1. The van der Waals surface area contributed by atoms with Gasteiger partial charge in [-0.15, -0.1) is 0 Å². The highest BCUT2D eigenvalue weighted by molar-refractivity contribution is 5.82. The first kappa shape index (κ1) is 15.9. The Balaban J connectivity index is 0.000000354. The summed E-state index contributed by atoms with van der Waals surface area (Å²) in [4.78, 5) is 20.3. The van der Waals surface area contributed by atoms with Crippen LogP contribution < -0.4 is 11.1 Å². The second-order valence-corrected chi connectivity index (χ2v) is 4.66. The van der Waals surface area contributed by atoms with E-state index < -0.39 is 0 Å². The lowest BCUT2D eigenvalue weighted by atomic mass is 10.1. The molecule has 4 heteroatoms. The van der Waals surface area contributed by atoms with Gasteiger partial charge in [0.1, 0.15) is 0 Å². The predicted octanol–water partition coefficient (Wildman–Crippen LogP) is 2.12. The predicted molar refractivity (Wildman–Crippen MR) is 69.4 cm³/mol. The van der Waals surface area contributed by atoms with Gasteiger partial charge in [0, 0.05) is 18.9 Å². The van der Waals surface area contributed by atoms with Crippen LogP contribution in [0.5, 0.6) is 0 Å². The number of hydrogen-bond acceptors (Lipinski definition) is 2. The van der Waals surface area contributed by atoms with E-state index in [1.54, 1.807) is 0 Å². The average Bonchev–Trinajstić information content (AvgIpc) is 2.22. The van der Waals surface area contributed by atoms with Gasteiger partial charge in [0.2, 0.25) is 11.8 Å². The maximum absolute atomic E-state index is 10.3. The van der Waals surface area contributed by atoms with Crippen LogP contribution in [-0.4, -0.2) is 17.9 Å². The minimum atomic E-state index is -0.166. The molecule has 1 aliphatic heterocycles. The Morgan fingerprint density at radius 2 is 1.82 bits per heavy atom. The number of nitrogens with one attached hydrogen (secondary N) is 1. The summed E-state index contributed by atoms with van der Waals surface area (Å²) in [6, 6.07) is 0.442. The molecule has 0 radical (unpaired) electrons. The Labute approximate surface area is 104 Å². The zero-order valence-electron chi connectivity index (χ0n) is 11.1. The third-order valence-corrected chi connectivity index (χ3v) is 2.68. The largest absolute Gasteiger partial charge is 0.370 e. The molecular formula is C13H26N2O2. The number of unbranched alkanes of at least 4 members (excludes halogenated alkanes) is 5. The van der Waals surface area contributed by atoms with Gasteiger partial charge in [0.15, 0.2) is 0 Å². The lowest BCUT2D eigenvalue weighted by Crippen LogP contribution is -2.46. The zero-order valence-corrected chi connectivity index (χ0v) is 11.1. The first-order valence-electron chi connectivity index (χ1n) is 6.64. The Kier molecular flexibility index (Phi) is 9.49. The van der Waals surface area contributed by atoms with Crippen molar-refractivity contribution in [1.29, 1.82) is 0 Å². The third-order valence-electron chi connectivity index (χ3n) is 2.68. The molecule has 0 aromatic rings. The second-order valence-electron chi connectivity index (χ2n) is 4.66. The van der Waals surface area contributed by atoms with Crippen LogP contribution in [0, 0.1) is 0 Å². The Hall–Kier alpha value is -1.06. The minimum Gasteiger partial charge on any atom is -0.370 e. The summed E-state index contributed by atoms with van der Waals surface area (Å²) in [5.41, 5.74) is 4.99. The van der Waals surface area contributed by atoms with Crippen molar-refractivity contribution >= 4 is 11.8 Å². The molecule has 1 fully saturated rings. The van der Waals surface area contributed by atoms with Crippen molar-refractivity contribution < 1.29 is 9.59 Å². The van der Waals surface area contributed by atoms with Crippen molar-refractivity contribution in [2.75, 3.05) is 0 Å². The highest BCUT2D eigenvalue weighted by atomic mass is 16.2. The van der Waals surface area contributed by atoms with Crippen LogP contribution in [-0.2, 0) is 9.59 Å². The first-order valence-corrected chi connectivity index (χ1v) is 6.64. The van der Waals surface area contributed by atoms with Crippen LogP contribution in [0.4, 0.5) is 0 Å². The van der Waals surface area contributed by atoms with Crippen LogP contribution in [0.25, 0.3) is 0 Å². The topological polar surface area (TPSA) is 72.2 Å². The van der Waals surface area contributed by atoms with Gasteiger partial charge in [-0.2, -0.15) is 0 Å². The molecule has 1 atom stereocenters. The molecule has 1 aliphatic rings. The van der Waals surface area contributed by atoms with Crippen molar-refractivity contribution in [3.63, 3.8) is 0 Å². The van der Waals surface area contributed by atoms with E-state index in [-0.39, 0.29) is 11.8 Å². The molecule has 1 saturated heterocycles. The molecule has 2 amide bonds. The minimum absolute atomic E-state index is 0.166. The molecule has 0 bridgehead atoms. The van der Waals surface area contributed by atoms with Crippen molar-refractivity contribution in [3.8, 4) is 0 Å². The van der Waals surface area contributed by atoms with Gasteiger partial charge in [-0.1, -0.05) is 39.0 Å². The second kappa shape index (κ2) is 10.1. The number of nitrogens with two attached hydrogens (primary N) is 1. The van der Waals surface area contributed by atoms with Gasteiger partial charge in [0.25, 0.3) is 0 Å². The molecule has 3 N–H and O–H groups in total. The Morgan fingerprint density at radius 3 is 2.18 bits per heavy atom. The third kappa shape index (κ3) is 11.2. The number of amides is 2. The summed E-state index contributed by atoms with van der Waals surface area (Å²) < 4.78 is 0. The number of rotatable bonds is 7. The molecule has 0 aliphatic carbocycles. The molecule has 17 heavy (non-hydrogen) atoms. The summed E-state index contributed by atoms with van der Waals surface area (Å²) >= 11 is 0. The van der Waals surface area contributed by atoms with Crippen LogP contribution in [0.1, 0.15) is 65.2 Å². The van der Waals surface area contributed by atoms with Crippen molar-refractivity contribution in [3.05, 3.63) is 0 Å². The molecule has 4 nitrogen and oxygen atoms in total. The van der Waals surface area contributed by atoms with E-state index in [2.05, 4.69) is 12.2 Å². The molecule has 1 rings (SSSR count). The Morgan fingerprint density at radius 1 is 1.29 bits per heavy atom. The quantitative estimate of drug-likeness (QED) is 0.530.